The molecule has 0 heterocycles. The van der Waals surface area contributed by atoms with Gasteiger partial charge >= 0.3 is 0 Å². The molecule has 0 unspecified atom stereocenters. The second-order valence-corrected chi connectivity index (χ2v) is 2.47. The Bertz CT molecular complexity index is 138. The third-order valence-corrected chi connectivity index (χ3v) is 1.64. The van der Waals surface area contributed by atoms with Crippen molar-refractivity contribution >= 4 is 22.1 Å². The van der Waals surface area contributed by atoms with Gasteiger partial charge in [0.25, 0.3) is 0 Å². The second-order valence-electron chi connectivity index (χ2n) is 1.61. The molecule has 52 valence electrons. The van der Waals surface area contributed by atoms with Crippen LogP contribution < -0.4 is 5.73 Å². The molecule has 0 aliphatic heterocycles. The van der Waals surface area contributed by atoms with Gasteiger partial charge in [-0.2, -0.15) is 0 Å². The predicted octanol–water partition coefficient (Wildman–Crippen LogP) is 1.66. The normalized spacial score (nSPS) is 14.1. The van der Waals surface area contributed by atoms with E-state index in [9.17, 15) is 0 Å². The third-order valence-electron chi connectivity index (χ3n) is 0.930. The van der Waals surface area contributed by atoms with Gasteiger partial charge in [0.15, 0.2) is 0 Å². The van der Waals surface area contributed by atoms with Crippen molar-refractivity contribution in [2.24, 2.45) is 10.7 Å². The maximum atomic E-state index is 5.54. The average Bonchev–Trinajstić information content (AvgIpc) is 1.87. The zero-order chi connectivity index (χ0) is 7.28. The summed E-state index contributed by atoms with van der Waals surface area (Å²) >= 11 is 3.27. The summed E-state index contributed by atoms with van der Waals surface area (Å²) in [5.41, 5.74) is 6.38. The van der Waals surface area contributed by atoms with Gasteiger partial charge in [0.2, 0.25) is 0 Å². The number of hydrogen-bond acceptors (Lipinski definition) is 2. The molecule has 0 saturated carbocycles. The van der Waals surface area contributed by atoms with Gasteiger partial charge in [-0.25, -0.2) is 0 Å². The van der Waals surface area contributed by atoms with Gasteiger partial charge in [0.05, 0.1) is 4.48 Å². The maximum absolute atomic E-state index is 5.54. The molecule has 0 aromatic rings. The van der Waals surface area contributed by atoms with Crippen molar-refractivity contribution in [3.05, 3.63) is 10.2 Å². The van der Waals surface area contributed by atoms with Gasteiger partial charge < -0.3 is 5.73 Å². The summed E-state index contributed by atoms with van der Waals surface area (Å²) < 4.78 is 0.882. The largest absolute Gasteiger partial charge is 0.401 e. The number of hydrogen-bond donors (Lipinski definition) is 1. The van der Waals surface area contributed by atoms with Crippen molar-refractivity contribution in [2.75, 3.05) is 7.05 Å². The van der Waals surface area contributed by atoms with Gasteiger partial charge in [-0.05, 0) is 22.4 Å². The molecule has 0 radical (unpaired) electrons. The fraction of sp³-hybridized carbons (Fsp3) is 0.500. The lowest BCUT2D eigenvalue weighted by Crippen LogP contribution is -1.97. The molecule has 0 aliphatic carbocycles. The molecule has 0 amide bonds. The number of allylic oxidation sites excluding steroid dienone is 2. The smallest absolute Gasteiger partial charge is 0.0540 e. The second kappa shape index (κ2) is 4.56. The monoisotopic (exact) mass is 190 g/mol. The molecule has 0 rings (SSSR count). The van der Waals surface area contributed by atoms with E-state index in [0.29, 0.717) is 0 Å². The van der Waals surface area contributed by atoms with Crippen molar-refractivity contribution in [1.82, 2.24) is 0 Å². The molecule has 0 saturated heterocycles. The van der Waals surface area contributed by atoms with Crippen LogP contribution in [-0.2, 0) is 0 Å². The van der Waals surface area contributed by atoms with Crippen LogP contribution in [0.3, 0.4) is 0 Å². The van der Waals surface area contributed by atoms with Crippen LogP contribution >= 0.6 is 15.9 Å². The fourth-order valence-corrected chi connectivity index (χ4v) is 0.850. The van der Waals surface area contributed by atoms with Gasteiger partial charge in [0, 0.05) is 19.0 Å². The van der Waals surface area contributed by atoms with E-state index in [4.69, 9.17) is 5.73 Å². The third kappa shape index (κ3) is 3.30. The minimum Gasteiger partial charge on any atom is -0.401 e. The lowest BCUT2D eigenvalue weighted by atomic mass is 10.3. The Hall–Kier alpha value is -0.310. The van der Waals surface area contributed by atoms with E-state index < -0.39 is 0 Å². The first-order chi connectivity index (χ1) is 4.22. The van der Waals surface area contributed by atoms with E-state index >= 15 is 0 Å². The minimum absolute atomic E-state index is 0.834. The summed E-state index contributed by atoms with van der Waals surface area (Å²) in [7, 11) is 1.71. The SMILES string of the molecule is CCC(N)=C(Br)C=NC. The van der Waals surface area contributed by atoms with Gasteiger partial charge in [-0.15, -0.1) is 0 Å². The van der Waals surface area contributed by atoms with E-state index in [2.05, 4.69) is 20.9 Å². The molecule has 0 bridgehead atoms. The molecule has 0 aliphatic rings. The van der Waals surface area contributed by atoms with Crippen LogP contribution in [0.15, 0.2) is 15.2 Å². The van der Waals surface area contributed by atoms with E-state index in [1.807, 2.05) is 6.92 Å². The van der Waals surface area contributed by atoms with Crippen molar-refractivity contribution in [3.63, 3.8) is 0 Å². The van der Waals surface area contributed by atoms with E-state index in [1.165, 1.54) is 0 Å². The van der Waals surface area contributed by atoms with Crippen LogP contribution in [0.4, 0.5) is 0 Å². The first-order valence-corrected chi connectivity index (χ1v) is 3.58. The molecular formula is C6H11BrN2. The Morgan fingerprint density at radius 1 is 1.78 bits per heavy atom. The predicted molar refractivity (Wildman–Crippen MR) is 44.8 cm³/mol. The van der Waals surface area contributed by atoms with Gasteiger partial charge in [-0.1, -0.05) is 6.92 Å². The Kier molecular flexibility index (Phi) is 4.40. The van der Waals surface area contributed by atoms with Crippen LogP contribution in [-0.4, -0.2) is 13.3 Å². The summed E-state index contributed by atoms with van der Waals surface area (Å²) in [5.74, 6) is 0. The Morgan fingerprint density at radius 2 is 2.33 bits per heavy atom. The number of nitrogens with zero attached hydrogens (tertiary/aromatic N) is 1. The number of nitrogens with two attached hydrogens (primary N) is 1. The first-order valence-electron chi connectivity index (χ1n) is 2.78. The number of aliphatic imine (C=N–C) groups is 1. The fourth-order valence-electron chi connectivity index (χ4n) is 0.365. The lowest BCUT2D eigenvalue weighted by molar-refractivity contribution is 1.07. The Morgan fingerprint density at radius 3 is 2.67 bits per heavy atom. The van der Waals surface area contributed by atoms with Crippen LogP contribution in [0.5, 0.6) is 0 Å². The molecule has 0 atom stereocenters. The van der Waals surface area contributed by atoms with Gasteiger partial charge in [-0.3, -0.25) is 4.99 Å². The highest BCUT2D eigenvalue weighted by Crippen LogP contribution is 2.06. The summed E-state index contributed by atoms with van der Waals surface area (Å²) in [5, 5.41) is 0. The first kappa shape index (κ1) is 8.69. The molecule has 0 spiro atoms. The van der Waals surface area contributed by atoms with E-state index in [-0.39, 0.29) is 0 Å². The molecule has 2 nitrogen and oxygen atoms in total. The van der Waals surface area contributed by atoms with Crippen molar-refractivity contribution < 1.29 is 0 Å². The van der Waals surface area contributed by atoms with Crippen molar-refractivity contribution in [1.29, 1.82) is 0 Å². The molecule has 3 heteroatoms. The molecule has 0 aromatic heterocycles. The van der Waals surface area contributed by atoms with Gasteiger partial charge in [0.1, 0.15) is 0 Å². The maximum Gasteiger partial charge on any atom is 0.0540 e. The molecular weight excluding hydrogens is 180 g/mol. The molecule has 0 fully saturated rings. The van der Waals surface area contributed by atoms with Crippen LogP contribution in [0.25, 0.3) is 0 Å². The van der Waals surface area contributed by atoms with Crippen LogP contribution in [0.1, 0.15) is 13.3 Å². The summed E-state index contributed by atoms with van der Waals surface area (Å²) in [4.78, 5) is 3.79. The Labute approximate surface area is 64.0 Å². The lowest BCUT2D eigenvalue weighted by Gasteiger charge is -1.94. The average molecular weight is 191 g/mol. The Balaban J connectivity index is 4.10. The van der Waals surface area contributed by atoms with Crippen LogP contribution in [0.2, 0.25) is 0 Å². The molecule has 9 heavy (non-hydrogen) atoms. The highest BCUT2D eigenvalue weighted by atomic mass is 79.9. The zero-order valence-corrected chi connectivity index (χ0v) is 7.27. The molecule has 0 aromatic carbocycles. The standard InChI is InChI=1S/C6H11BrN2/c1-3-6(8)5(7)4-9-2/h4H,3,8H2,1-2H3. The van der Waals surface area contributed by atoms with E-state index in [1.54, 1.807) is 13.3 Å². The highest BCUT2D eigenvalue weighted by Gasteiger charge is 1.90. The van der Waals surface area contributed by atoms with E-state index in [0.717, 1.165) is 16.6 Å². The number of rotatable bonds is 2. The summed E-state index contributed by atoms with van der Waals surface area (Å²) in [6.45, 7) is 2.00. The summed E-state index contributed by atoms with van der Waals surface area (Å²) in [6.07, 6.45) is 2.55. The topological polar surface area (TPSA) is 38.4 Å². The highest BCUT2D eigenvalue weighted by molar-refractivity contribution is 9.12. The minimum atomic E-state index is 0.834. The quantitative estimate of drug-likeness (QED) is 0.662. The van der Waals surface area contributed by atoms with Crippen molar-refractivity contribution in [3.8, 4) is 0 Å². The molecule has 2 N–H and O–H groups in total. The number of halogens is 1. The zero-order valence-electron chi connectivity index (χ0n) is 5.69. The van der Waals surface area contributed by atoms with Crippen LogP contribution in [0, 0.1) is 0 Å². The van der Waals surface area contributed by atoms with Crippen molar-refractivity contribution in [2.45, 2.75) is 13.3 Å². The summed E-state index contributed by atoms with van der Waals surface area (Å²) in [6, 6.07) is 0.